The summed E-state index contributed by atoms with van der Waals surface area (Å²) < 4.78 is 19.1. The second kappa shape index (κ2) is 8.90. The van der Waals surface area contributed by atoms with Crippen molar-refractivity contribution >= 4 is 14.5 Å². The molecule has 0 amide bonds. The molecule has 4 nitrogen and oxygen atoms in total. The number of allylic oxidation sites excluding steroid dienone is 2. The standard InChI is InChI=1S/C26H42O4Si/c1-8-17-24(5,6)26-19-13-12-18-25(7)20(22(26)28-23(27)29-26)15-14-16-21(25)30-31(9-2,10-3)11-4/h8,12-13,17,21H,9-11,14-16,18-19H2,1-7H3/b13-12-,17-8+,22-20-/t21-,25-,26+/m0/s1. The van der Waals surface area contributed by atoms with E-state index < -0.39 is 20.1 Å². The van der Waals surface area contributed by atoms with Crippen molar-refractivity contribution in [2.75, 3.05) is 0 Å². The fraction of sp³-hybridized carbons (Fsp3) is 0.731. The Labute approximate surface area is 190 Å². The number of ether oxygens (including phenoxy) is 2. The Morgan fingerprint density at radius 2 is 1.84 bits per heavy atom. The zero-order valence-electron chi connectivity index (χ0n) is 20.7. The predicted molar refractivity (Wildman–Crippen MR) is 128 cm³/mol. The summed E-state index contributed by atoms with van der Waals surface area (Å²) in [6, 6.07) is 3.43. The summed E-state index contributed by atoms with van der Waals surface area (Å²) in [5.41, 5.74) is -0.141. The Balaban J connectivity index is 2.16. The third-order valence-electron chi connectivity index (χ3n) is 8.44. The van der Waals surface area contributed by atoms with E-state index in [-0.39, 0.29) is 16.9 Å². The monoisotopic (exact) mass is 446 g/mol. The molecule has 2 fully saturated rings. The first-order chi connectivity index (χ1) is 14.6. The number of hydrogen-bond acceptors (Lipinski definition) is 4. The highest BCUT2D eigenvalue weighted by Gasteiger charge is 2.60. The second-order valence-electron chi connectivity index (χ2n) is 10.4. The van der Waals surface area contributed by atoms with Gasteiger partial charge in [-0.1, -0.05) is 65.8 Å². The van der Waals surface area contributed by atoms with Gasteiger partial charge in [0.25, 0.3) is 0 Å². The molecule has 1 aliphatic heterocycles. The van der Waals surface area contributed by atoms with Gasteiger partial charge in [0, 0.05) is 17.3 Å². The summed E-state index contributed by atoms with van der Waals surface area (Å²) in [7, 11) is -1.77. The van der Waals surface area contributed by atoms with Crippen LogP contribution in [0.4, 0.5) is 4.79 Å². The largest absolute Gasteiger partial charge is 0.514 e. The summed E-state index contributed by atoms with van der Waals surface area (Å²) in [4.78, 5) is 12.6. The van der Waals surface area contributed by atoms with Gasteiger partial charge in [-0.3, -0.25) is 0 Å². The van der Waals surface area contributed by atoms with Gasteiger partial charge in [-0.2, -0.15) is 0 Å². The topological polar surface area (TPSA) is 44.8 Å². The van der Waals surface area contributed by atoms with Crippen molar-refractivity contribution in [2.45, 2.75) is 110 Å². The summed E-state index contributed by atoms with van der Waals surface area (Å²) in [6.07, 6.45) is 12.8. The zero-order valence-corrected chi connectivity index (χ0v) is 21.7. The molecule has 1 saturated heterocycles. The number of carbonyl (C=O) groups is 1. The van der Waals surface area contributed by atoms with Crippen molar-refractivity contribution < 1.29 is 18.7 Å². The maximum absolute atomic E-state index is 12.6. The van der Waals surface area contributed by atoms with Crippen LogP contribution in [-0.2, 0) is 13.9 Å². The summed E-state index contributed by atoms with van der Waals surface area (Å²) in [5, 5.41) is 0. The van der Waals surface area contributed by atoms with Crippen LogP contribution < -0.4 is 0 Å². The van der Waals surface area contributed by atoms with E-state index in [9.17, 15) is 4.79 Å². The normalized spacial score (nSPS) is 35.1. The van der Waals surface area contributed by atoms with Crippen LogP contribution in [0.3, 0.4) is 0 Å². The molecule has 3 atom stereocenters. The van der Waals surface area contributed by atoms with E-state index in [0.29, 0.717) is 6.42 Å². The van der Waals surface area contributed by atoms with Gasteiger partial charge in [0.2, 0.25) is 0 Å². The average Bonchev–Trinajstić information content (AvgIpc) is 3.07. The van der Waals surface area contributed by atoms with E-state index in [4.69, 9.17) is 13.9 Å². The summed E-state index contributed by atoms with van der Waals surface area (Å²) in [5.74, 6) is 0.762. The van der Waals surface area contributed by atoms with Crippen LogP contribution in [-0.4, -0.2) is 26.2 Å². The highest BCUT2D eigenvalue weighted by Crippen LogP contribution is 2.57. The number of carbonyl (C=O) groups excluding carboxylic acids is 1. The molecule has 3 aliphatic rings. The van der Waals surface area contributed by atoms with Crippen LogP contribution in [0, 0.1) is 10.8 Å². The Morgan fingerprint density at radius 1 is 1.19 bits per heavy atom. The molecule has 174 valence electrons. The lowest BCUT2D eigenvalue weighted by atomic mass is 9.61. The fourth-order valence-electron chi connectivity index (χ4n) is 6.01. The number of fused-ring (bicyclic) bond motifs is 2. The van der Waals surface area contributed by atoms with Gasteiger partial charge < -0.3 is 13.9 Å². The molecule has 1 heterocycles. The molecule has 0 aromatic heterocycles. The van der Waals surface area contributed by atoms with Gasteiger partial charge in [0.05, 0.1) is 6.10 Å². The maximum atomic E-state index is 12.6. The Kier molecular flexibility index (Phi) is 6.98. The Bertz CT molecular complexity index is 768. The number of rotatable bonds is 7. The van der Waals surface area contributed by atoms with Crippen molar-refractivity contribution in [2.24, 2.45) is 10.8 Å². The van der Waals surface area contributed by atoms with Crippen LogP contribution in [0.5, 0.6) is 0 Å². The van der Waals surface area contributed by atoms with Gasteiger partial charge in [-0.05, 0) is 56.3 Å². The second-order valence-corrected chi connectivity index (χ2v) is 15.1. The van der Waals surface area contributed by atoms with E-state index in [1.165, 1.54) is 5.57 Å². The van der Waals surface area contributed by atoms with E-state index in [1.807, 2.05) is 13.0 Å². The molecular formula is C26H42O4Si. The van der Waals surface area contributed by atoms with Crippen molar-refractivity contribution in [3.05, 3.63) is 35.6 Å². The lowest BCUT2D eigenvalue weighted by molar-refractivity contribution is -0.00469. The minimum absolute atomic E-state index is 0.153. The first kappa shape index (κ1) is 24.3. The molecule has 0 N–H and O–H groups in total. The molecule has 0 aromatic carbocycles. The van der Waals surface area contributed by atoms with Crippen molar-refractivity contribution in [1.29, 1.82) is 0 Å². The molecule has 3 rings (SSSR count). The van der Waals surface area contributed by atoms with Crippen molar-refractivity contribution in [1.82, 2.24) is 0 Å². The first-order valence-corrected chi connectivity index (χ1v) is 14.8. The van der Waals surface area contributed by atoms with Gasteiger partial charge in [0.1, 0.15) is 0 Å². The van der Waals surface area contributed by atoms with E-state index >= 15 is 0 Å². The van der Waals surface area contributed by atoms with E-state index in [0.717, 1.165) is 49.6 Å². The smallest absolute Gasteiger partial charge is 0.418 e. The van der Waals surface area contributed by atoms with Crippen LogP contribution in [0.25, 0.3) is 0 Å². The lowest BCUT2D eigenvalue weighted by Gasteiger charge is -2.49. The summed E-state index contributed by atoms with van der Waals surface area (Å²) >= 11 is 0. The number of hydrogen-bond donors (Lipinski definition) is 0. The van der Waals surface area contributed by atoms with Gasteiger partial charge in [-0.25, -0.2) is 4.79 Å². The van der Waals surface area contributed by atoms with Crippen molar-refractivity contribution in [3.8, 4) is 0 Å². The molecule has 31 heavy (non-hydrogen) atoms. The molecule has 0 radical (unpaired) electrons. The third kappa shape index (κ3) is 3.97. The van der Waals surface area contributed by atoms with Crippen LogP contribution in [0.2, 0.25) is 18.1 Å². The minimum Gasteiger partial charge on any atom is -0.418 e. The van der Waals surface area contributed by atoms with Crippen LogP contribution >= 0.6 is 0 Å². The SMILES string of the molecule is C/C=C/C(C)(C)[C@@]12C/C=C\C[C@@]3(C)/C(=C/1OC(=O)O2)CCC[C@@H]3O[Si](CC)(CC)CC. The molecule has 0 aromatic rings. The average molecular weight is 447 g/mol. The summed E-state index contributed by atoms with van der Waals surface area (Å²) in [6.45, 7) is 15.5. The molecule has 0 spiro atoms. The van der Waals surface area contributed by atoms with E-state index in [1.54, 1.807) is 0 Å². The fourth-order valence-corrected chi connectivity index (χ4v) is 8.99. The Hall–Kier alpha value is -1.33. The molecule has 2 aliphatic carbocycles. The molecule has 0 unspecified atom stereocenters. The van der Waals surface area contributed by atoms with E-state index in [2.05, 4.69) is 59.8 Å². The molecular weight excluding hydrogens is 404 g/mol. The highest BCUT2D eigenvalue weighted by atomic mass is 28.4. The molecule has 1 saturated carbocycles. The Morgan fingerprint density at radius 3 is 2.45 bits per heavy atom. The molecule has 0 bridgehead atoms. The molecule has 5 heteroatoms. The zero-order chi connectivity index (χ0) is 22.9. The quantitative estimate of drug-likeness (QED) is 0.228. The van der Waals surface area contributed by atoms with Gasteiger partial charge in [-0.15, -0.1) is 0 Å². The van der Waals surface area contributed by atoms with Crippen LogP contribution in [0.15, 0.2) is 35.6 Å². The first-order valence-electron chi connectivity index (χ1n) is 12.2. The van der Waals surface area contributed by atoms with Gasteiger partial charge in [0.15, 0.2) is 19.7 Å². The van der Waals surface area contributed by atoms with Gasteiger partial charge >= 0.3 is 6.16 Å². The maximum Gasteiger partial charge on any atom is 0.514 e. The third-order valence-corrected chi connectivity index (χ3v) is 13.1. The minimum atomic E-state index is -1.77. The predicted octanol–water partition coefficient (Wildman–Crippen LogP) is 7.68. The van der Waals surface area contributed by atoms with Crippen LogP contribution in [0.1, 0.15) is 80.6 Å². The van der Waals surface area contributed by atoms with Crippen molar-refractivity contribution in [3.63, 3.8) is 0 Å². The lowest BCUT2D eigenvalue weighted by Crippen LogP contribution is -2.51. The highest BCUT2D eigenvalue weighted by molar-refractivity contribution is 6.73.